The molecule has 0 heterocycles. The summed E-state index contributed by atoms with van der Waals surface area (Å²) in [6.07, 6.45) is 4.41. The van der Waals surface area contributed by atoms with Crippen LogP contribution in [0.25, 0.3) is 0 Å². The largest absolute Gasteiger partial charge is 0.480 e. The lowest BCUT2D eigenvalue weighted by Gasteiger charge is -2.35. The van der Waals surface area contributed by atoms with Crippen molar-refractivity contribution in [3.05, 3.63) is 0 Å². The van der Waals surface area contributed by atoms with Crippen LogP contribution in [0, 0.1) is 5.92 Å². The van der Waals surface area contributed by atoms with Crippen molar-refractivity contribution in [1.82, 2.24) is 10.2 Å². The van der Waals surface area contributed by atoms with E-state index in [1.54, 1.807) is 0 Å². The average Bonchev–Trinajstić information content (AvgIpc) is 2.10. The van der Waals surface area contributed by atoms with Gasteiger partial charge in [-0.05, 0) is 33.4 Å². The highest BCUT2D eigenvalue weighted by molar-refractivity contribution is 5.78. The van der Waals surface area contributed by atoms with Crippen molar-refractivity contribution in [2.24, 2.45) is 5.92 Å². The van der Waals surface area contributed by atoms with Gasteiger partial charge in [0.05, 0.1) is 0 Å². The lowest BCUT2D eigenvalue weighted by Crippen LogP contribution is -2.52. The Morgan fingerprint density at radius 1 is 1.50 bits per heavy atom. The molecule has 1 fully saturated rings. The molecule has 0 aromatic carbocycles. The van der Waals surface area contributed by atoms with Crippen LogP contribution >= 0.6 is 0 Å². The summed E-state index contributed by atoms with van der Waals surface area (Å²) in [5.41, 5.74) is -0.749. The number of aliphatic carboxylic acids is 1. The zero-order valence-corrected chi connectivity index (χ0v) is 10.6. The first-order valence-electron chi connectivity index (χ1n) is 6.07. The van der Waals surface area contributed by atoms with Crippen molar-refractivity contribution in [3.8, 4) is 0 Å². The molecule has 1 rings (SSSR count). The van der Waals surface area contributed by atoms with Gasteiger partial charge in [-0.1, -0.05) is 19.3 Å². The molecule has 4 heteroatoms. The molecule has 0 radical (unpaired) electrons. The zero-order valence-electron chi connectivity index (χ0n) is 10.6. The van der Waals surface area contributed by atoms with Crippen LogP contribution in [0.3, 0.4) is 0 Å². The van der Waals surface area contributed by atoms with E-state index in [-0.39, 0.29) is 0 Å². The number of likely N-dealkylation sites (N-methyl/N-ethyl adjacent to an activating group) is 1. The Balaban J connectivity index is 2.40. The van der Waals surface area contributed by atoms with Crippen molar-refractivity contribution >= 4 is 5.97 Å². The quantitative estimate of drug-likeness (QED) is 0.687. The molecular weight excluding hydrogens is 204 g/mol. The Morgan fingerprint density at radius 3 is 2.50 bits per heavy atom. The number of nitrogens with zero attached hydrogens (tertiary/aromatic N) is 1. The van der Waals surface area contributed by atoms with E-state index in [0.29, 0.717) is 5.92 Å². The maximum absolute atomic E-state index is 11.3. The maximum atomic E-state index is 11.3. The number of hydrogen-bond donors (Lipinski definition) is 2. The molecule has 1 aliphatic carbocycles. The van der Waals surface area contributed by atoms with E-state index in [1.807, 2.05) is 21.0 Å². The third-order valence-electron chi connectivity index (χ3n) is 3.47. The summed E-state index contributed by atoms with van der Waals surface area (Å²) in [4.78, 5) is 13.4. The summed E-state index contributed by atoms with van der Waals surface area (Å²) in [5, 5.41) is 12.5. The molecule has 1 unspecified atom stereocenters. The molecule has 0 aliphatic heterocycles. The van der Waals surface area contributed by atoms with Crippen LogP contribution < -0.4 is 5.32 Å². The van der Waals surface area contributed by atoms with E-state index in [1.165, 1.54) is 19.3 Å². The molecule has 16 heavy (non-hydrogen) atoms. The Kier molecular flexibility index (Phi) is 4.74. The van der Waals surface area contributed by atoms with Crippen LogP contribution in [0.15, 0.2) is 0 Å². The van der Waals surface area contributed by atoms with E-state index in [9.17, 15) is 9.90 Å². The maximum Gasteiger partial charge on any atom is 0.323 e. The van der Waals surface area contributed by atoms with Gasteiger partial charge in [-0.15, -0.1) is 0 Å². The van der Waals surface area contributed by atoms with Crippen LogP contribution in [0.2, 0.25) is 0 Å². The van der Waals surface area contributed by atoms with Crippen LogP contribution in [-0.4, -0.2) is 48.7 Å². The molecule has 1 saturated carbocycles. The van der Waals surface area contributed by atoms with Crippen molar-refractivity contribution in [2.75, 3.05) is 27.2 Å². The van der Waals surface area contributed by atoms with Gasteiger partial charge in [0.15, 0.2) is 0 Å². The number of carboxylic acids is 1. The van der Waals surface area contributed by atoms with Gasteiger partial charge < -0.3 is 15.3 Å². The second-order valence-corrected chi connectivity index (χ2v) is 5.37. The molecule has 94 valence electrons. The molecule has 0 aromatic rings. The number of hydrogen-bond acceptors (Lipinski definition) is 3. The van der Waals surface area contributed by atoms with Gasteiger partial charge in [-0.25, -0.2) is 0 Å². The SMILES string of the molecule is CN(C)CCNC(C)(CC1CCC1)C(=O)O. The zero-order chi connectivity index (χ0) is 12.2. The lowest BCUT2D eigenvalue weighted by atomic mass is 9.76. The summed E-state index contributed by atoms with van der Waals surface area (Å²) in [7, 11) is 3.98. The Bertz CT molecular complexity index is 239. The predicted molar refractivity (Wildman–Crippen MR) is 64.6 cm³/mol. The van der Waals surface area contributed by atoms with E-state index in [4.69, 9.17) is 0 Å². The molecule has 4 nitrogen and oxygen atoms in total. The fourth-order valence-corrected chi connectivity index (χ4v) is 2.06. The highest BCUT2D eigenvalue weighted by Crippen LogP contribution is 2.33. The molecule has 2 N–H and O–H groups in total. The summed E-state index contributed by atoms with van der Waals surface area (Å²) >= 11 is 0. The van der Waals surface area contributed by atoms with Crippen molar-refractivity contribution < 1.29 is 9.90 Å². The Morgan fingerprint density at radius 2 is 2.12 bits per heavy atom. The molecule has 0 aromatic heterocycles. The van der Waals surface area contributed by atoms with E-state index in [2.05, 4.69) is 10.2 Å². The molecular formula is C12H24N2O2. The molecule has 1 aliphatic rings. The van der Waals surface area contributed by atoms with Gasteiger partial charge in [-0.2, -0.15) is 0 Å². The fraction of sp³-hybridized carbons (Fsp3) is 0.917. The van der Waals surface area contributed by atoms with Crippen LogP contribution in [0.5, 0.6) is 0 Å². The number of nitrogens with one attached hydrogen (secondary N) is 1. The first-order valence-corrected chi connectivity index (χ1v) is 6.07. The molecule has 0 saturated heterocycles. The van der Waals surface area contributed by atoms with E-state index in [0.717, 1.165) is 19.5 Å². The van der Waals surface area contributed by atoms with Crippen molar-refractivity contribution in [1.29, 1.82) is 0 Å². The number of rotatable bonds is 7. The van der Waals surface area contributed by atoms with E-state index < -0.39 is 11.5 Å². The number of carboxylic acid groups (broad SMARTS) is 1. The standard InChI is InChI=1S/C12H24N2O2/c1-12(11(15)16,9-10-5-4-6-10)13-7-8-14(2)3/h10,13H,4-9H2,1-3H3,(H,15,16). The first-order chi connectivity index (χ1) is 7.44. The van der Waals surface area contributed by atoms with Crippen LogP contribution in [0.1, 0.15) is 32.6 Å². The van der Waals surface area contributed by atoms with E-state index >= 15 is 0 Å². The van der Waals surface area contributed by atoms with Gasteiger partial charge in [0.2, 0.25) is 0 Å². The van der Waals surface area contributed by atoms with Gasteiger partial charge in [-0.3, -0.25) is 4.79 Å². The smallest absolute Gasteiger partial charge is 0.323 e. The topological polar surface area (TPSA) is 52.6 Å². The van der Waals surface area contributed by atoms with Gasteiger partial charge in [0, 0.05) is 13.1 Å². The average molecular weight is 228 g/mol. The van der Waals surface area contributed by atoms with Gasteiger partial charge in [0.1, 0.15) is 5.54 Å². The van der Waals surface area contributed by atoms with Gasteiger partial charge >= 0.3 is 5.97 Å². The summed E-state index contributed by atoms with van der Waals surface area (Å²) in [5.74, 6) is -0.119. The Hall–Kier alpha value is -0.610. The Labute approximate surface area is 98.0 Å². The van der Waals surface area contributed by atoms with Gasteiger partial charge in [0.25, 0.3) is 0 Å². The van der Waals surface area contributed by atoms with Crippen molar-refractivity contribution in [3.63, 3.8) is 0 Å². The predicted octanol–water partition coefficient (Wildman–Crippen LogP) is 1.17. The minimum Gasteiger partial charge on any atom is -0.480 e. The molecule has 0 spiro atoms. The third kappa shape index (κ3) is 3.76. The minimum atomic E-state index is -0.749. The minimum absolute atomic E-state index is 0.605. The third-order valence-corrected chi connectivity index (χ3v) is 3.47. The molecule has 0 bridgehead atoms. The number of carbonyl (C=O) groups is 1. The summed E-state index contributed by atoms with van der Waals surface area (Å²) < 4.78 is 0. The highest BCUT2D eigenvalue weighted by atomic mass is 16.4. The normalized spacial score (nSPS) is 20.5. The fourth-order valence-electron chi connectivity index (χ4n) is 2.06. The van der Waals surface area contributed by atoms with Crippen molar-refractivity contribution in [2.45, 2.75) is 38.1 Å². The lowest BCUT2D eigenvalue weighted by molar-refractivity contribution is -0.145. The monoisotopic (exact) mass is 228 g/mol. The highest BCUT2D eigenvalue weighted by Gasteiger charge is 2.36. The second-order valence-electron chi connectivity index (χ2n) is 5.37. The van der Waals surface area contributed by atoms with Crippen LogP contribution in [-0.2, 0) is 4.79 Å². The summed E-state index contributed by atoms with van der Waals surface area (Å²) in [6, 6.07) is 0. The molecule has 1 atom stereocenters. The molecule has 0 amide bonds. The first kappa shape index (κ1) is 13.5. The second kappa shape index (κ2) is 5.64. The van der Waals surface area contributed by atoms with Crippen LogP contribution in [0.4, 0.5) is 0 Å². The summed E-state index contributed by atoms with van der Waals surface area (Å²) in [6.45, 7) is 3.40.